The third-order valence-corrected chi connectivity index (χ3v) is 5.33. The fraction of sp³-hybridized carbons (Fsp3) is 0.308. The molecule has 0 saturated carbocycles. The minimum Gasteiger partial charge on any atom is -0.384 e. The lowest BCUT2D eigenvalue weighted by Gasteiger charge is -2.05. The van der Waals surface area contributed by atoms with Crippen molar-refractivity contribution in [2.45, 2.75) is 25.3 Å². The molecule has 0 aliphatic heterocycles. The Hall–Kier alpha value is -1.66. The molecule has 0 aromatic carbocycles. The van der Waals surface area contributed by atoms with Gasteiger partial charge in [-0.2, -0.15) is 5.10 Å². The van der Waals surface area contributed by atoms with Crippen LogP contribution in [0.3, 0.4) is 0 Å². The lowest BCUT2D eigenvalue weighted by Crippen LogP contribution is -2.23. The number of aliphatic hydroxyl groups is 1. The predicted molar refractivity (Wildman–Crippen MR) is 80.4 cm³/mol. The van der Waals surface area contributed by atoms with E-state index in [1.807, 2.05) is 5.38 Å². The topological polar surface area (TPSA) is 95.1 Å². The first-order valence-corrected chi connectivity index (χ1v) is 8.48. The highest BCUT2D eigenvalue weighted by molar-refractivity contribution is 7.89. The zero-order chi connectivity index (χ0) is 15.5. The summed E-state index contributed by atoms with van der Waals surface area (Å²) in [5.74, 6) is 5.32. The van der Waals surface area contributed by atoms with Gasteiger partial charge in [0.25, 0.3) is 0 Å². The molecule has 0 aliphatic rings. The van der Waals surface area contributed by atoms with Crippen molar-refractivity contribution in [2.75, 3.05) is 6.61 Å². The van der Waals surface area contributed by atoms with Gasteiger partial charge >= 0.3 is 0 Å². The van der Waals surface area contributed by atoms with E-state index < -0.39 is 10.0 Å². The molecule has 2 aromatic heterocycles. The fourth-order valence-electron chi connectivity index (χ4n) is 1.86. The standard InChI is InChI=1S/C13H15N3O3S2/c1-9-13(10(2)16-15-9)21(18,19)14-7-12-6-11(8-20-12)4-3-5-17/h6,8,14,17H,5,7H2,1-2H3,(H,15,16). The van der Waals surface area contributed by atoms with Crippen molar-refractivity contribution in [1.29, 1.82) is 0 Å². The Morgan fingerprint density at radius 3 is 2.86 bits per heavy atom. The number of nitrogens with one attached hydrogen (secondary N) is 2. The van der Waals surface area contributed by atoms with E-state index in [-0.39, 0.29) is 18.0 Å². The Kier molecular flexibility index (Phi) is 4.80. The maximum atomic E-state index is 12.3. The molecule has 0 spiro atoms. The molecule has 0 unspecified atom stereocenters. The zero-order valence-corrected chi connectivity index (χ0v) is 13.2. The largest absolute Gasteiger partial charge is 0.384 e. The molecule has 112 valence electrons. The Balaban J connectivity index is 2.11. The monoisotopic (exact) mass is 325 g/mol. The summed E-state index contributed by atoms with van der Waals surface area (Å²) in [6.07, 6.45) is 0. The lowest BCUT2D eigenvalue weighted by molar-refractivity contribution is 0.350. The van der Waals surface area contributed by atoms with Crippen LogP contribution in [0.2, 0.25) is 0 Å². The first-order chi connectivity index (χ1) is 9.94. The van der Waals surface area contributed by atoms with Gasteiger partial charge in [0.05, 0.1) is 11.4 Å². The van der Waals surface area contributed by atoms with Crippen molar-refractivity contribution in [1.82, 2.24) is 14.9 Å². The van der Waals surface area contributed by atoms with Crippen LogP contribution in [-0.4, -0.2) is 30.3 Å². The number of hydrogen-bond donors (Lipinski definition) is 3. The third-order valence-electron chi connectivity index (χ3n) is 2.73. The number of H-pyrrole nitrogens is 1. The van der Waals surface area contributed by atoms with Gasteiger partial charge in [-0.3, -0.25) is 5.10 Å². The summed E-state index contributed by atoms with van der Waals surface area (Å²) in [4.78, 5) is 1.04. The summed E-state index contributed by atoms with van der Waals surface area (Å²) in [6.45, 7) is 3.31. The number of aryl methyl sites for hydroxylation is 2. The van der Waals surface area contributed by atoms with Gasteiger partial charge in [-0.15, -0.1) is 11.3 Å². The van der Waals surface area contributed by atoms with E-state index in [1.54, 1.807) is 19.9 Å². The zero-order valence-electron chi connectivity index (χ0n) is 11.6. The molecule has 2 heterocycles. The first kappa shape index (κ1) is 15.7. The Bertz CT molecular complexity index is 775. The van der Waals surface area contributed by atoms with E-state index in [1.165, 1.54) is 11.3 Å². The second-order valence-corrected chi connectivity index (χ2v) is 7.05. The minimum absolute atomic E-state index is 0.192. The molecule has 21 heavy (non-hydrogen) atoms. The second kappa shape index (κ2) is 6.41. The quantitative estimate of drug-likeness (QED) is 0.728. The van der Waals surface area contributed by atoms with Gasteiger partial charge in [-0.05, 0) is 19.9 Å². The van der Waals surface area contributed by atoms with E-state index in [4.69, 9.17) is 5.11 Å². The number of hydrogen-bond acceptors (Lipinski definition) is 5. The summed E-state index contributed by atoms with van der Waals surface area (Å²) in [5.41, 5.74) is 1.72. The molecule has 0 amide bonds. The van der Waals surface area contributed by atoms with Gasteiger partial charge in [-0.1, -0.05) is 11.8 Å². The van der Waals surface area contributed by atoms with Crippen LogP contribution >= 0.6 is 11.3 Å². The van der Waals surface area contributed by atoms with Crippen molar-refractivity contribution in [2.24, 2.45) is 0 Å². The van der Waals surface area contributed by atoms with Crippen LogP contribution in [0.15, 0.2) is 16.3 Å². The van der Waals surface area contributed by atoms with Crippen LogP contribution in [0.1, 0.15) is 21.8 Å². The molecular weight excluding hydrogens is 310 g/mol. The normalized spacial score (nSPS) is 11.2. The molecule has 0 aliphatic carbocycles. The van der Waals surface area contributed by atoms with E-state index in [2.05, 4.69) is 26.8 Å². The Morgan fingerprint density at radius 2 is 2.24 bits per heavy atom. The maximum absolute atomic E-state index is 12.3. The number of thiophene rings is 1. The Labute approximate surface area is 127 Å². The van der Waals surface area contributed by atoms with Crippen molar-refractivity contribution in [3.8, 4) is 11.8 Å². The van der Waals surface area contributed by atoms with Crippen LogP contribution in [0.4, 0.5) is 0 Å². The van der Waals surface area contributed by atoms with E-state index in [0.717, 1.165) is 10.4 Å². The summed E-state index contributed by atoms with van der Waals surface area (Å²) in [5, 5.41) is 17.0. The molecule has 0 saturated heterocycles. The second-order valence-electron chi connectivity index (χ2n) is 4.35. The molecule has 0 bridgehead atoms. The van der Waals surface area contributed by atoms with Crippen molar-refractivity contribution in [3.63, 3.8) is 0 Å². The number of nitrogens with zero attached hydrogens (tertiary/aromatic N) is 1. The van der Waals surface area contributed by atoms with Crippen LogP contribution < -0.4 is 4.72 Å². The molecule has 2 aromatic rings. The van der Waals surface area contributed by atoms with Crippen LogP contribution in [-0.2, 0) is 16.6 Å². The van der Waals surface area contributed by atoms with Crippen molar-refractivity contribution < 1.29 is 13.5 Å². The number of aromatic amines is 1. The SMILES string of the molecule is Cc1n[nH]c(C)c1S(=O)(=O)NCc1cc(C#CCO)cs1. The molecule has 6 nitrogen and oxygen atoms in total. The molecule has 0 radical (unpaired) electrons. The number of sulfonamides is 1. The highest BCUT2D eigenvalue weighted by atomic mass is 32.2. The van der Waals surface area contributed by atoms with Gasteiger partial charge in [0.15, 0.2) is 0 Å². The minimum atomic E-state index is -3.60. The number of aromatic nitrogens is 2. The maximum Gasteiger partial charge on any atom is 0.244 e. The van der Waals surface area contributed by atoms with Gasteiger partial charge in [0.2, 0.25) is 10.0 Å². The van der Waals surface area contributed by atoms with Crippen molar-refractivity contribution in [3.05, 3.63) is 33.3 Å². The molecule has 8 heteroatoms. The Morgan fingerprint density at radius 1 is 1.48 bits per heavy atom. The summed E-state index contributed by atoms with van der Waals surface area (Å²) < 4.78 is 27.1. The highest BCUT2D eigenvalue weighted by Gasteiger charge is 2.21. The summed E-state index contributed by atoms with van der Waals surface area (Å²) in [6, 6.07) is 1.80. The highest BCUT2D eigenvalue weighted by Crippen LogP contribution is 2.18. The van der Waals surface area contributed by atoms with Crippen LogP contribution in [0.5, 0.6) is 0 Å². The smallest absolute Gasteiger partial charge is 0.244 e. The molecule has 2 rings (SSSR count). The van der Waals surface area contributed by atoms with Gasteiger partial charge in [0, 0.05) is 22.4 Å². The number of aliphatic hydroxyl groups excluding tert-OH is 1. The molecule has 3 N–H and O–H groups in total. The van der Waals surface area contributed by atoms with Crippen molar-refractivity contribution >= 4 is 21.4 Å². The van der Waals surface area contributed by atoms with Gasteiger partial charge in [0.1, 0.15) is 11.5 Å². The molecule has 0 atom stereocenters. The predicted octanol–water partition coefficient (Wildman–Crippen LogP) is 0.910. The average molecular weight is 325 g/mol. The summed E-state index contributed by atoms with van der Waals surface area (Å²) >= 11 is 1.41. The van der Waals surface area contributed by atoms with E-state index in [9.17, 15) is 8.42 Å². The van der Waals surface area contributed by atoms with Crippen LogP contribution in [0.25, 0.3) is 0 Å². The van der Waals surface area contributed by atoms with E-state index in [0.29, 0.717) is 11.4 Å². The summed E-state index contributed by atoms with van der Waals surface area (Å²) in [7, 11) is -3.60. The third kappa shape index (κ3) is 3.71. The lowest BCUT2D eigenvalue weighted by atomic mass is 10.3. The molecule has 0 fully saturated rings. The van der Waals surface area contributed by atoms with E-state index >= 15 is 0 Å². The van der Waals surface area contributed by atoms with Gasteiger partial charge < -0.3 is 5.11 Å². The number of rotatable bonds is 4. The average Bonchev–Trinajstić information content (AvgIpc) is 3.01. The fourth-order valence-corrected chi connectivity index (χ4v) is 4.08. The first-order valence-electron chi connectivity index (χ1n) is 6.12. The van der Waals surface area contributed by atoms with Crippen LogP contribution in [0, 0.1) is 25.7 Å². The van der Waals surface area contributed by atoms with Gasteiger partial charge in [-0.25, -0.2) is 13.1 Å². The molecular formula is C13H15N3O3S2.